The van der Waals surface area contributed by atoms with Crippen LogP contribution in [0.1, 0.15) is 25.7 Å². The van der Waals surface area contributed by atoms with Crippen LogP contribution in [-0.2, 0) is 4.74 Å². The van der Waals surface area contributed by atoms with Gasteiger partial charge in [0.1, 0.15) is 10.8 Å². The van der Waals surface area contributed by atoms with Gasteiger partial charge in [-0.15, -0.1) is 11.8 Å². The van der Waals surface area contributed by atoms with E-state index in [1.54, 1.807) is 11.8 Å². The van der Waals surface area contributed by atoms with Gasteiger partial charge >= 0.3 is 0 Å². The van der Waals surface area contributed by atoms with Crippen molar-refractivity contribution in [3.8, 4) is 0 Å². The van der Waals surface area contributed by atoms with Crippen LogP contribution in [0, 0.1) is 0 Å². The molecule has 98 valence electrons. The monoisotopic (exact) mass is 265 g/mol. The van der Waals surface area contributed by atoms with E-state index >= 15 is 0 Å². The van der Waals surface area contributed by atoms with E-state index in [1.165, 1.54) is 25.7 Å². The predicted octanol–water partition coefficient (Wildman–Crippen LogP) is 2.35. The lowest BCUT2D eigenvalue weighted by Gasteiger charge is -2.44. The highest BCUT2D eigenvalue weighted by Gasteiger charge is 2.34. The van der Waals surface area contributed by atoms with Gasteiger partial charge in [-0.05, 0) is 19.1 Å². The fourth-order valence-electron chi connectivity index (χ4n) is 2.96. The first-order valence-corrected chi connectivity index (χ1v) is 7.85. The molecule has 0 amide bonds. The second kappa shape index (κ2) is 5.45. The first-order chi connectivity index (χ1) is 8.88. The molecular formula is C13H19N3OS. The Morgan fingerprint density at radius 1 is 1.33 bits per heavy atom. The van der Waals surface area contributed by atoms with Crippen molar-refractivity contribution in [2.45, 2.75) is 42.9 Å². The lowest BCUT2D eigenvalue weighted by Crippen LogP contribution is -2.53. The predicted molar refractivity (Wildman–Crippen MR) is 73.2 cm³/mol. The minimum absolute atomic E-state index is 0.396. The molecule has 0 radical (unpaired) electrons. The topological polar surface area (TPSA) is 38.2 Å². The Hall–Kier alpha value is -0.810. The van der Waals surface area contributed by atoms with Gasteiger partial charge < -0.3 is 9.64 Å². The molecule has 0 aromatic carbocycles. The summed E-state index contributed by atoms with van der Waals surface area (Å²) in [5.41, 5.74) is 0. The van der Waals surface area contributed by atoms with Gasteiger partial charge in [-0.25, -0.2) is 4.98 Å². The van der Waals surface area contributed by atoms with Crippen molar-refractivity contribution < 1.29 is 4.74 Å². The van der Waals surface area contributed by atoms with E-state index in [0.717, 1.165) is 24.0 Å². The van der Waals surface area contributed by atoms with Gasteiger partial charge in [0.15, 0.2) is 0 Å². The van der Waals surface area contributed by atoms with E-state index in [0.29, 0.717) is 12.1 Å². The van der Waals surface area contributed by atoms with E-state index in [2.05, 4.69) is 14.9 Å². The van der Waals surface area contributed by atoms with Crippen LogP contribution in [0.3, 0.4) is 0 Å². The molecular weight excluding hydrogens is 246 g/mol. The molecule has 2 atom stereocenters. The number of morpholine rings is 1. The molecule has 1 aliphatic carbocycles. The van der Waals surface area contributed by atoms with Crippen LogP contribution in [-0.4, -0.2) is 41.5 Å². The lowest BCUT2D eigenvalue weighted by atomic mass is 9.90. The van der Waals surface area contributed by atoms with Gasteiger partial charge in [-0.3, -0.25) is 4.98 Å². The maximum Gasteiger partial charge on any atom is 0.148 e. The summed E-state index contributed by atoms with van der Waals surface area (Å²) < 4.78 is 5.90. The Morgan fingerprint density at radius 3 is 3.11 bits per heavy atom. The summed E-state index contributed by atoms with van der Waals surface area (Å²) in [5, 5.41) is 0.992. The zero-order valence-corrected chi connectivity index (χ0v) is 11.5. The Labute approximate surface area is 112 Å². The molecule has 1 saturated heterocycles. The van der Waals surface area contributed by atoms with Crippen molar-refractivity contribution in [1.29, 1.82) is 0 Å². The third-order valence-electron chi connectivity index (χ3n) is 3.84. The summed E-state index contributed by atoms with van der Waals surface area (Å²) in [7, 11) is 0. The SMILES string of the molecule is CSc1cncc(N2CCO[C@@H]3CCCC[C@@H]32)n1. The second-order valence-corrected chi connectivity index (χ2v) is 5.70. The average Bonchev–Trinajstić information content (AvgIpc) is 2.47. The van der Waals surface area contributed by atoms with Gasteiger partial charge in [0, 0.05) is 6.54 Å². The van der Waals surface area contributed by atoms with Crippen LogP contribution >= 0.6 is 11.8 Å². The molecule has 0 N–H and O–H groups in total. The van der Waals surface area contributed by atoms with E-state index < -0.39 is 0 Å². The normalized spacial score (nSPS) is 27.9. The van der Waals surface area contributed by atoms with Gasteiger partial charge in [-0.2, -0.15) is 0 Å². The number of hydrogen-bond acceptors (Lipinski definition) is 5. The molecule has 3 rings (SSSR count). The molecule has 2 heterocycles. The van der Waals surface area contributed by atoms with E-state index in [-0.39, 0.29) is 0 Å². The molecule has 5 heteroatoms. The maximum atomic E-state index is 5.90. The van der Waals surface area contributed by atoms with Crippen molar-refractivity contribution in [1.82, 2.24) is 9.97 Å². The minimum atomic E-state index is 0.396. The summed E-state index contributed by atoms with van der Waals surface area (Å²) >= 11 is 1.64. The van der Waals surface area contributed by atoms with Crippen LogP contribution in [0.4, 0.5) is 5.82 Å². The second-order valence-electron chi connectivity index (χ2n) is 4.87. The Balaban J connectivity index is 1.84. The minimum Gasteiger partial charge on any atom is -0.374 e. The number of anilines is 1. The molecule has 0 unspecified atom stereocenters. The van der Waals surface area contributed by atoms with Crippen molar-refractivity contribution in [2.75, 3.05) is 24.3 Å². The summed E-state index contributed by atoms with van der Waals surface area (Å²) in [6.45, 7) is 1.75. The van der Waals surface area contributed by atoms with Crippen molar-refractivity contribution in [3.05, 3.63) is 12.4 Å². The first kappa shape index (κ1) is 12.2. The first-order valence-electron chi connectivity index (χ1n) is 6.63. The lowest BCUT2D eigenvalue weighted by molar-refractivity contribution is -0.00905. The number of aromatic nitrogens is 2. The van der Waals surface area contributed by atoms with Crippen molar-refractivity contribution >= 4 is 17.6 Å². The number of fused-ring (bicyclic) bond motifs is 1. The van der Waals surface area contributed by atoms with Gasteiger partial charge in [0.2, 0.25) is 0 Å². The Bertz CT molecular complexity index is 413. The van der Waals surface area contributed by atoms with Crippen molar-refractivity contribution in [3.63, 3.8) is 0 Å². The number of rotatable bonds is 2. The molecule has 1 aliphatic heterocycles. The average molecular weight is 265 g/mol. The van der Waals surface area contributed by atoms with Crippen LogP contribution in [0.2, 0.25) is 0 Å². The zero-order chi connectivity index (χ0) is 12.4. The van der Waals surface area contributed by atoms with E-state index in [1.807, 2.05) is 18.6 Å². The standard InChI is InChI=1S/C13H19N3OS/c1-18-13-9-14-8-12(15-13)16-6-7-17-11-5-3-2-4-10(11)16/h8-11H,2-7H2,1H3/t10-,11+/m0/s1. The zero-order valence-electron chi connectivity index (χ0n) is 10.7. The smallest absolute Gasteiger partial charge is 0.148 e. The molecule has 4 nitrogen and oxygen atoms in total. The molecule has 0 spiro atoms. The number of thioether (sulfide) groups is 1. The molecule has 2 fully saturated rings. The summed E-state index contributed by atoms with van der Waals surface area (Å²) in [4.78, 5) is 11.4. The summed E-state index contributed by atoms with van der Waals surface area (Å²) in [6.07, 6.45) is 11.2. The Kier molecular flexibility index (Phi) is 3.70. The maximum absolute atomic E-state index is 5.90. The van der Waals surface area contributed by atoms with Gasteiger partial charge in [-0.1, -0.05) is 12.8 Å². The quantitative estimate of drug-likeness (QED) is 0.767. The van der Waals surface area contributed by atoms with Crippen LogP contribution < -0.4 is 4.90 Å². The summed E-state index contributed by atoms with van der Waals surface area (Å²) in [5.74, 6) is 1.02. The molecule has 1 aromatic heterocycles. The molecule has 1 saturated carbocycles. The fraction of sp³-hybridized carbons (Fsp3) is 0.692. The van der Waals surface area contributed by atoms with E-state index in [9.17, 15) is 0 Å². The fourth-order valence-corrected chi connectivity index (χ4v) is 3.31. The largest absolute Gasteiger partial charge is 0.374 e. The highest BCUT2D eigenvalue weighted by atomic mass is 32.2. The molecule has 0 bridgehead atoms. The highest BCUT2D eigenvalue weighted by Crippen LogP contribution is 2.31. The number of nitrogens with zero attached hydrogens (tertiary/aromatic N) is 3. The van der Waals surface area contributed by atoms with Crippen LogP contribution in [0.25, 0.3) is 0 Å². The van der Waals surface area contributed by atoms with Gasteiger partial charge in [0.25, 0.3) is 0 Å². The molecule has 1 aromatic rings. The van der Waals surface area contributed by atoms with Crippen molar-refractivity contribution in [2.24, 2.45) is 0 Å². The van der Waals surface area contributed by atoms with Crippen LogP contribution in [0.15, 0.2) is 17.4 Å². The third-order valence-corrected chi connectivity index (χ3v) is 4.45. The van der Waals surface area contributed by atoms with E-state index in [4.69, 9.17) is 4.74 Å². The van der Waals surface area contributed by atoms with Gasteiger partial charge in [0.05, 0.1) is 31.1 Å². The molecule has 2 aliphatic rings. The molecule has 18 heavy (non-hydrogen) atoms. The number of ether oxygens (including phenoxy) is 1. The van der Waals surface area contributed by atoms with Crippen LogP contribution in [0.5, 0.6) is 0 Å². The highest BCUT2D eigenvalue weighted by molar-refractivity contribution is 7.98. The Morgan fingerprint density at radius 2 is 2.22 bits per heavy atom. The third kappa shape index (κ3) is 2.34. The number of hydrogen-bond donors (Lipinski definition) is 0. The summed E-state index contributed by atoms with van der Waals surface area (Å²) in [6, 6.07) is 0.499.